The zero-order valence-electron chi connectivity index (χ0n) is 5.62. The van der Waals surface area contributed by atoms with E-state index in [1.807, 2.05) is 0 Å². The van der Waals surface area contributed by atoms with Crippen molar-refractivity contribution in [1.29, 1.82) is 0 Å². The van der Waals surface area contributed by atoms with Gasteiger partial charge in [0, 0.05) is 12.1 Å². The van der Waals surface area contributed by atoms with Gasteiger partial charge in [-0.1, -0.05) is 4.68 Å². The van der Waals surface area contributed by atoms with Crippen LogP contribution in [0.15, 0.2) is 24.5 Å². The van der Waals surface area contributed by atoms with E-state index in [0.29, 0.717) is 0 Å². The van der Waals surface area contributed by atoms with Crippen molar-refractivity contribution < 1.29 is 33.4 Å². The summed E-state index contributed by atoms with van der Waals surface area (Å²) >= 11 is 0. The number of nitrogens with two attached hydrogens (primary N) is 1. The summed E-state index contributed by atoms with van der Waals surface area (Å²) in [6, 6.07) is 3.58. The first kappa shape index (κ1) is 9.48. The van der Waals surface area contributed by atoms with Crippen LogP contribution in [0.4, 0.5) is 0 Å². The van der Waals surface area contributed by atoms with Gasteiger partial charge in [-0.15, -0.1) is 0 Å². The molecule has 3 nitrogen and oxygen atoms in total. The van der Waals surface area contributed by atoms with Crippen LogP contribution >= 0.6 is 0 Å². The van der Waals surface area contributed by atoms with E-state index in [9.17, 15) is 0 Å². The maximum atomic E-state index is 5.34. The molecule has 10 heavy (non-hydrogen) atoms. The van der Waals surface area contributed by atoms with E-state index in [0.717, 1.165) is 5.75 Å². The first-order valence-electron chi connectivity index (χ1n) is 2.63. The lowest BCUT2D eigenvalue weighted by molar-refractivity contribution is -0.639. The Morgan fingerprint density at radius 2 is 1.90 bits per heavy atom. The average Bonchev–Trinajstić information content (AvgIpc) is 1.90. The van der Waals surface area contributed by atoms with Gasteiger partial charge in [-0.25, -0.2) is 5.84 Å². The van der Waals surface area contributed by atoms with Crippen molar-refractivity contribution in [2.24, 2.45) is 0 Å². The average molecular weight is 252 g/mol. The Labute approximate surface area is 76.8 Å². The second-order valence-electron chi connectivity index (χ2n) is 1.69. The lowest BCUT2D eigenvalue weighted by Gasteiger charge is -1.93. The van der Waals surface area contributed by atoms with Crippen LogP contribution in [0.25, 0.3) is 0 Å². The van der Waals surface area contributed by atoms with Gasteiger partial charge in [0.1, 0.15) is 5.75 Å². The quantitative estimate of drug-likeness (QED) is 0.323. The fourth-order valence-corrected chi connectivity index (χ4v) is 0.560. The SMILES string of the molecule is COc1cc[n+](N)cc1.[I-]. The highest BCUT2D eigenvalue weighted by molar-refractivity contribution is 5.14. The van der Waals surface area contributed by atoms with E-state index in [2.05, 4.69) is 0 Å². The van der Waals surface area contributed by atoms with Crippen molar-refractivity contribution in [3.8, 4) is 5.75 Å². The van der Waals surface area contributed by atoms with Gasteiger partial charge in [0.2, 0.25) is 12.4 Å². The molecule has 0 bridgehead atoms. The predicted molar refractivity (Wildman–Crippen MR) is 33.3 cm³/mol. The normalized spacial score (nSPS) is 8.10. The number of nitrogens with zero attached hydrogens (tertiary/aromatic N) is 1. The van der Waals surface area contributed by atoms with Crippen LogP contribution in [0.5, 0.6) is 5.75 Å². The molecule has 0 aliphatic heterocycles. The van der Waals surface area contributed by atoms with Crippen LogP contribution in [0.2, 0.25) is 0 Å². The van der Waals surface area contributed by atoms with Gasteiger partial charge in [0.25, 0.3) is 0 Å². The lowest BCUT2D eigenvalue weighted by atomic mass is 10.5. The number of pyridine rings is 1. The van der Waals surface area contributed by atoms with E-state index < -0.39 is 0 Å². The van der Waals surface area contributed by atoms with E-state index >= 15 is 0 Å². The lowest BCUT2D eigenvalue weighted by Crippen LogP contribution is -3.00. The van der Waals surface area contributed by atoms with E-state index in [1.165, 1.54) is 4.68 Å². The minimum atomic E-state index is 0. The molecule has 0 unspecified atom stereocenters. The number of nitrogen functional groups attached to an aromatic ring is 1. The molecule has 2 N–H and O–H groups in total. The first-order valence-corrected chi connectivity index (χ1v) is 2.63. The molecule has 0 saturated carbocycles. The number of hydrogen-bond donors (Lipinski definition) is 1. The third-order valence-electron chi connectivity index (χ3n) is 1.06. The van der Waals surface area contributed by atoms with Crippen LogP contribution in [-0.4, -0.2) is 7.11 Å². The molecule has 0 saturated heterocycles. The van der Waals surface area contributed by atoms with Crippen molar-refractivity contribution in [3.05, 3.63) is 24.5 Å². The van der Waals surface area contributed by atoms with Crippen LogP contribution in [-0.2, 0) is 0 Å². The number of halogens is 1. The molecule has 4 heteroatoms. The number of hydrogen-bond acceptors (Lipinski definition) is 2. The molecule has 0 atom stereocenters. The van der Waals surface area contributed by atoms with Crippen molar-refractivity contribution in [1.82, 2.24) is 0 Å². The fraction of sp³-hybridized carbons (Fsp3) is 0.167. The van der Waals surface area contributed by atoms with Gasteiger partial charge in [0.05, 0.1) is 7.11 Å². The van der Waals surface area contributed by atoms with Crippen LogP contribution in [0.3, 0.4) is 0 Å². The summed E-state index contributed by atoms with van der Waals surface area (Å²) in [5.41, 5.74) is 0. The summed E-state index contributed by atoms with van der Waals surface area (Å²) in [5.74, 6) is 6.16. The monoisotopic (exact) mass is 252 g/mol. The Morgan fingerprint density at radius 3 is 2.30 bits per heavy atom. The fourth-order valence-electron chi connectivity index (χ4n) is 0.560. The Balaban J connectivity index is 0.000000810. The van der Waals surface area contributed by atoms with Gasteiger partial charge in [-0.05, 0) is 0 Å². The summed E-state index contributed by atoms with van der Waals surface area (Å²) in [6.45, 7) is 0. The second kappa shape index (κ2) is 4.32. The van der Waals surface area contributed by atoms with Gasteiger partial charge in [0.15, 0.2) is 0 Å². The van der Waals surface area contributed by atoms with E-state index in [4.69, 9.17) is 10.6 Å². The standard InChI is InChI=1S/C6H9N2O.HI/c1-9-6-2-4-8(7)5-3-6;/h2-5H,7H2,1H3;1H/q+1;/p-1. The number of rotatable bonds is 1. The molecule has 0 amide bonds. The summed E-state index contributed by atoms with van der Waals surface area (Å²) in [7, 11) is 1.62. The van der Waals surface area contributed by atoms with Crippen LogP contribution < -0.4 is 39.2 Å². The number of aromatic nitrogens is 1. The maximum Gasteiger partial charge on any atom is 0.202 e. The summed E-state index contributed by atoms with van der Waals surface area (Å²) < 4.78 is 6.36. The molecule has 0 aromatic carbocycles. The van der Waals surface area contributed by atoms with Gasteiger partial charge < -0.3 is 28.7 Å². The molecule has 0 fully saturated rings. The molecule has 0 aliphatic carbocycles. The zero-order chi connectivity index (χ0) is 6.69. The topological polar surface area (TPSA) is 39.1 Å². The molecular formula is C6H9IN2O. The molecule has 1 rings (SSSR count). The molecule has 1 aromatic rings. The van der Waals surface area contributed by atoms with Gasteiger partial charge >= 0.3 is 0 Å². The highest BCUT2D eigenvalue weighted by atomic mass is 127. The molecule has 0 radical (unpaired) electrons. The minimum absolute atomic E-state index is 0. The molecule has 1 heterocycles. The van der Waals surface area contributed by atoms with Gasteiger partial charge in [-0.3, -0.25) is 0 Å². The highest BCUT2D eigenvalue weighted by Gasteiger charge is 1.92. The van der Waals surface area contributed by atoms with E-state index in [1.54, 1.807) is 31.6 Å². The minimum Gasteiger partial charge on any atom is -1.00 e. The Kier molecular flexibility index (Phi) is 4.10. The van der Waals surface area contributed by atoms with Gasteiger partial charge in [-0.2, -0.15) is 0 Å². The third-order valence-corrected chi connectivity index (χ3v) is 1.06. The number of methoxy groups -OCH3 is 1. The van der Waals surface area contributed by atoms with E-state index in [-0.39, 0.29) is 24.0 Å². The maximum absolute atomic E-state index is 5.34. The van der Waals surface area contributed by atoms with Crippen molar-refractivity contribution in [2.45, 2.75) is 0 Å². The molecule has 56 valence electrons. The summed E-state index contributed by atoms with van der Waals surface area (Å²) in [4.78, 5) is 0. The molecule has 1 aromatic heterocycles. The summed E-state index contributed by atoms with van der Waals surface area (Å²) in [6.07, 6.45) is 3.44. The third kappa shape index (κ3) is 2.38. The van der Waals surface area contributed by atoms with Crippen molar-refractivity contribution in [3.63, 3.8) is 0 Å². The Hall–Kier alpha value is -0.520. The molecule has 0 spiro atoms. The largest absolute Gasteiger partial charge is 1.00 e. The smallest absolute Gasteiger partial charge is 0.202 e. The van der Waals surface area contributed by atoms with Crippen LogP contribution in [0, 0.1) is 0 Å². The number of ether oxygens (including phenoxy) is 1. The molecular weight excluding hydrogens is 243 g/mol. The van der Waals surface area contributed by atoms with Crippen LogP contribution in [0.1, 0.15) is 0 Å². The first-order chi connectivity index (χ1) is 4.33. The predicted octanol–water partition coefficient (Wildman–Crippen LogP) is -3.30. The van der Waals surface area contributed by atoms with Crippen molar-refractivity contribution in [2.75, 3.05) is 13.0 Å². The highest BCUT2D eigenvalue weighted by Crippen LogP contribution is 2.02. The van der Waals surface area contributed by atoms with Crippen molar-refractivity contribution >= 4 is 0 Å². The Bertz CT molecular complexity index is 187. The summed E-state index contributed by atoms with van der Waals surface area (Å²) in [5, 5.41) is 0. The second-order valence-corrected chi connectivity index (χ2v) is 1.69. The molecule has 0 aliphatic rings. The Morgan fingerprint density at radius 1 is 1.40 bits per heavy atom. The zero-order valence-corrected chi connectivity index (χ0v) is 7.78.